The largest absolute Gasteiger partial charge is 0.473 e. The van der Waals surface area contributed by atoms with E-state index >= 15 is 0 Å². The Bertz CT molecular complexity index is 1470. The second-order valence-corrected chi connectivity index (χ2v) is 11.4. The van der Waals surface area contributed by atoms with Crippen LogP contribution in [-0.2, 0) is 20.9 Å². The number of carbonyl (C=O) groups is 4. The molecule has 0 atom stereocenters. The van der Waals surface area contributed by atoms with Crippen molar-refractivity contribution in [3.05, 3.63) is 100.0 Å². The van der Waals surface area contributed by atoms with E-state index in [1.165, 1.54) is 17.3 Å². The van der Waals surface area contributed by atoms with E-state index in [4.69, 9.17) is 19.8 Å². The van der Waals surface area contributed by atoms with E-state index in [2.05, 4.69) is 55.3 Å². The number of fused-ring (bicyclic) bond motifs is 1. The van der Waals surface area contributed by atoms with Gasteiger partial charge in [-0.1, -0.05) is 79.7 Å². The summed E-state index contributed by atoms with van der Waals surface area (Å²) in [6.45, 7) is 10.5. The van der Waals surface area contributed by atoms with Gasteiger partial charge in [-0.25, -0.2) is 9.59 Å². The Kier molecular flexibility index (Phi) is 13.2. The zero-order valence-electron chi connectivity index (χ0n) is 25.3. The molecule has 0 fully saturated rings. The van der Waals surface area contributed by atoms with Crippen molar-refractivity contribution in [3.8, 4) is 0 Å². The number of aliphatic carboxylic acids is 2. The molecule has 0 saturated carbocycles. The van der Waals surface area contributed by atoms with Gasteiger partial charge in [-0.3, -0.25) is 9.59 Å². The molecule has 232 valence electrons. The van der Waals surface area contributed by atoms with Gasteiger partial charge in [0.15, 0.2) is 0 Å². The molecule has 9 nitrogen and oxygen atoms in total. The van der Waals surface area contributed by atoms with E-state index in [1.807, 2.05) is 59.5 Å². The standard InChI is InChI=1S/C32H37N3O2S.C2H2O4/c1-4-18-34(19-5-2)20-17-33-31(36)27-15-13-25(14-16-27)22-30-32(37)35(23-26-10-8-9-24(3)21-26)28-11-6-7-12-29(28)38-30;3-1(4)2(5)6/h6-16,21-22H,4-5,17-20,23H2,1-3H3,(H,33,36);(H,3,4)(H,5,6)/b30-22+;. The molecule has 0 aliphatic carbocycles. The summed E-state index contributed by atoms with van der Waals surface area (Å²) in [5, 5.41) is 17.8. The minimum absolute atomic E-state index is 0.0132. The van der Waals surface area contributed by atoms with Crippen LogP contribution in [0.1, 0.15) is 53.7 Å². The Morgan fingerprint density at radius 2 is 1.55 bits per heavy atom. The van der Waals surface area contributed by atoms with Crippen LogP contribution in [0.3, 0.4) is 0 Å². The van der Waals surface area contributed by atoms with E-state index in [0.717, 1.165) is 54.2 Å². The smallest absolute Gasteiger partial charge is 0.414 e. The average molecular weight is 618 g/mol. The molecule has 1 heterocycles. The summed E-state index contributed by atoms with van der Waals surface area (Å²) in [5.74, 6) is -3.73. The predicted molar refractivity (Wildman–Crippen MR) is 174 cm³/mol. The number of thioether (sulfide) groups is 1. The number of benzene rings is 3. The van der Waals surface area contributed by atoms with Gasteiger partial charge < -0.3 is 25.3 Å². The number of carbonyl (C=O) groups excluding carboxylic acids is 2. The molecule has 0 radical (unpaired) electrons. The normalized spacial score (nSPS) is 13.2. The van der Waals surface area contributed by atoms with Crippen molar-refractivity contribution in [2.75, 3.05) is 31.1 Å². The third-order valence-corrected chi connectivity index (χ3v) is 7.78. The Morgan fingerprint density at radius 3 is 2.16 bits per heavy atom. The van der Waals surface area contributed by atoms with Crippen molar-refractivity contribution in [3.63, 3.8) is 0 Å². The number of aryl methyl sites for hydroxylation is 1. The zero-order chi connectivity index (χ0) is 32.1. The van der Waals surface area contributed by atoms with Crippen molar-refractivity contribution in [1.29, 1.82) is 0 Å². The molecule has 0 spiro atoms. The van der Waals surface area contributed by atoms with Crippen LogP contribution in [0.5, 0.6) is 0 Å². The molecule has 10 heteroatoms. The molecule has 0 unspecified atom stereocenters. The van der Waals surface area contributed by atoms with Gasteiger partial charge in [0.05, 0.1) is 17.1 Å². The van der Waals surface area contributed by atoms with Gasteiger partial charge in [-0.2, -0.15) is 0 Å². The van der Waals surface area contributed by atoms with Gasteiger partial charge in [0.25, 0.3) is 11.8 Å². The lowest BCUT2D eigenvalue weighted by atomic mass is 10.1. The molecule has 3 aromatic rings. The van der Waals surface area contributed by atoms with Crippen molar-refractivity contribution in [1.82, 2.24) is 10.2 Å². The summed E-state index contributed by atoms with van der Waals surface area (Å²) in [6.07, 6.45) is 4.14. The maximum absolute atomic E-state index is 13.6. The van der Waals surface area contributed by atoms with Crippen LogP contribution in [0.2, 0.25) is 0 Å². The maximum atomic E-state index is 13.6. The first kappa shape index (κ1) is 34.1. The number of carboxylic acid groups (broad SMARTS) is 2. The molecule has 4 rings (SSSR count). The third-order valence-electron chi connectivity index (χ3n) is 6.70. The molecule has 44 heavy (non-hydrogen) atoms. The molecule has 1 aliphatic rings. The monoisotopic (exact) mass is 617 g/mol. The predicted octanol–water partition coefficient (Wildman–Crippen LogP) is 5.68. The van der Waals surface area contributed by atoms with Crippen molar-refractivity contribution in [2.24, 2.45) is 0 Å². The van der Waals surface area contributed by atoms with Crippen LogP contribution < -0.4 is 10.2 Å². The number of amides is 2. The van der Waals surface area contributed by atoms with Crippen LogP contribution in [0, 0.1) is 6.92 Å². The molecular formula is C34H39N3O6S. The Morgan fingerprint density at radius 1 is 0.886 bits per heavy atom. The molecule has 1 aliphatic heterocycles. The van der Waals surface area contributed by atoms with E-state index in [1.54, 1.807) is 0 Å². The lowest BCUT2D eigenvalue weighted by Gasteiger charge is -2.30. The summed E-state index contributed by atoms with van der Waals surface area (Å²) in [4.78, 5) is 50.4. The molecule has 3 N–H and O–H groups in total. The Labute approximate surface area is 262 Å². The SMILES string of the molecule is CCCN(CCC)CCNC(=O)c1ccc(/C=C2/Sc3ccccc3N(Cc3cccc(C)c3)C2=O)cc1.O=C(O)C(=O)O. The fourth-order valence-corrected chi connectivity index (χ4v) is 5.75. The molecule has 0 aromatic heterocycles. The summed E-state index contributed by atoms with van der Waals surface area (Å²) in [7, 11) is 0. The minimum Gasteiger partial charge on any atom is -0.473 e. The van der Waals surface area contributed by atoms with Gasteiger partial charge in [-0.15, -0.1) is 0 Å². The molecule has 2 amide bonds. The van der Waals surface area contributed by atoms with Gasteiger partial charge in [0, 0.05) is 23.5 Å². The van der Waals surface area contributed by atoms with E-state index in [0.29, 0.717) is 23.6 Å². The number of nitrogens with one attached hydrogen (secondary N) is 1. The maximum Gasteiger partial charge on any atom is 0.414 e. The number of para-hydroxylation sites is 1. The van der Waals surface area contributed by atoms with Crippen LogP contribution in [0.25, 0.3) is 6.08 Å². The molecule has 0 saturated heterocycles. The van der Waals surface area contributed by atoms with Crippen LogP contribution in [0.15, 0.2) is 82.6 Å². The van der Waals surface area contributed by atoms with Crippen molar-refractivity contribution < 1.29 is 29.4 Å². The molecule has 3 aromatic carbocycles. The van der Waals surface area contributed by atoms with Gasteiger partial charge in [0.2, 0.25) is 0 Å². The highest BCUT2D eigenvalue weighted by atomic mass is 32.2. The highest BCUT2D eigenvalue weighted by Gasteiger charge is 2.29. The number of hydrogen-bond donors (Lipinski definition) is 3. The lowest BCUT2D eigenvalue weighted by Crippen LogP contribution is -2.35. The quantitative estimate of drug-likeness (QED) is 0.185. The van der Waals surface area contributed by atoms with E-state index < -0.39 is 11.9 Å². The summed E-state index contributed by atoms with van der Waals surface area (Å²) in [6, 6.07) is 23.8. The van der Waals surface area contributed by atoms with Crippen LogP contribution in [-0.4, -0.2) is 65.0 Å². The minimum atomic E-state index is -1.82. The highest BCUT2D eigenvalue weighted by Crippen LogP contribution is 2.42. The first-order valence-electron chi connectivity index (χ1n) is 14.6. The number of anilines is 1. The number of carboxylic acids is 2. The fraction of sp³-hybridized carbons (Fsp3) is 0.294. The first-order valence-corrected chi connectivity index (χ1v) is 15.4. The summed E-state index contributed by atoms with van der Waals surface area (Å²) in [5.41, 5.74) is 4.73. The van der Waals surface area contributed by atoms with Crippen LogP contribution in [0.4, 0.5) is 5.69 Å². The van der Waals surface area contributed by atoms with E-state index in [9.17, 15) is 9.59 Å². The topological polar surface area (TPSA) is 127 Å². The molecular weight excluding hydrogens is 578 g/mol. The Hall–Kier alpha value is -4.41. The second-order valence-electron chi connectivity index (χ2n) is 10.3. The lowest BCUT2D eigenvalue weighted by molar-refractivity contribution is -0.159. The summed E-state index contributed by atoms with van der Waals surface area (Å²) >= 11 is 1.50. The van der Waals surface area contributed by atoms with Crippen molar-refractivity contribution >= 4 is 47.3 Å². The van der Waals surface area contributed by atoms with E-state index in [-0.39, 0.29) is 11.8 Å². The number of rotatable bonds is 11. The second kappa shape index (κ2) is 17.0. The first-order chi connectivity index (χ1) is 21.1. The highest BCUT2D eigenvalue weighted by molar-refractivity contribution is 8.04. The number of hydrogen-bond acceptors (Lipinski definition) is 6. The number of nitrogens with zero attached hydrogens (tertiary/aromatic N) is 2. The zero-order valence-corrected chi connectivity index (χ0v) is 26.1. The van der Waals surface area contributed by atoms with Gasteiger partial charge >= 0.3 is 11.9 Å². The Balaban J connectivity index is 0.000000801. The summed E-state index contributed by atoms with van der Waals surface area (Å²) < 4.78 is 0. The van der Waals surface area contributed by atoms with Gasteiger partial charge in [0.1, 0.15) is 0 Å². The third kappa shape index (κ3) is 10.1. The molecule has 0 bridgehead atoms. The van der Waals surface area contributed by atoms with Crippen molar-refractivity contribution in [2.45, 2.75) is 45.1 Å². The van der Waals surface area contributed by atoms with Gasteiger partial charge in [-0.05, 0) is 74.3 Å². The van der Waals surface area contributed by atoms with Crippen LogP contribution >= 0.6 is 11.8 Å². The average Bonchev–Trinajstić information content (AvgIpc) is 3.00. The fourth-order valence-electron chi connectivity index (χ4n) is 4.69.